The van der Waals surface area contributed by atoms with Crippen LogP contribution in [0.5, 0.6) is 0 Å². The van der Waals surface area contributed by atoms with Crippen LogP contribution in [0.15, 0.2) is 4.99 Å². The highest BCUT2D eigenvalue weighted by molar-refractivity contribution is 8.15. The molecule has 0 radical (unpaired) electrons. The van der Waals surface area contributed by atoms with Crippen molar-refractivity contribution >= 4 is 22.7 Å². The minimum absolute atomic E-state index is 0.112. The van der Waals surface area contributed by atoms with E-state index in [-0.39, 0.29) is 22.0 Å². The number of aliphatic imine (C=N–C) groups is 1. The van der Waals surface area contributed by atoms with Crippen LogP contribution in [0.4, 0.5) is 0 Å². The second kappa shape index (κ2) is 3.50. The van der Waals surface area contributed by atoms with E-state index in [4.69, 9.17) is 0 Å². The zero-order valence-electron chi connectivity index (χ0n) is 10.7. The van der Waals surface area contributed by atoms with Crippen LogP contribution in [-0.2, 0) is 4.79 Å². The van der Waals surface area contributed by atoms with Crippen molar-refractivity contribution in [2.45, 2.75) is 38.9 Å². The number of thioether (sulfide) groups is 1. The minimum atomic E-state index is 0.112. The van der Waals surface area contributed by atoms with E-state index in [0.717, 1.165) is 24.7 Å². The molecule has 3 rings (SSSR count). The van der Waals surface area contributed by atoms with Gasteiger partial charge in [-0.05, 0) is 23.7 Å². The van der Waals surface area contributed by atoms with Gasteiger partial charge in [0.05, 0.1) is 11.8 Å². The highest BCUT2D eigenvalue weighted by Gasteiger charge is 2.66. The van der Waals surface area contributed by atoms with Crippen LogP contribution in [0.25, 0.3) is 0 Å². The molecule has 1 heterocycles. The molecule has 0 aromatic carbocycles. The Morgan fingerprint density at radius 2 is 2.18 bits per heavy atom. The van der Waals surface area contributed by atoms with Crippen molar-refractivity contribution in [1.29, 1.82) is 0 Å². The summed E-state index contributed by atoms with van der Waals surface area (Å²) < 4.78 is 0. The first kappa shape index (κ1) is 11.6. The molecule has 3 aliphatic rings. The van der Waals surface area contributed by atoms with Crippen molar-refractivity contribution < 1.29 is 4.79 Å². The Hall–Kier alpha value is -0.510. The first-order valence-electron chi connectivity index (χ1n) is 6.45. The van der Waals surface area contributed by atoms with Crippen LogP contribution < -0.4 is 5.32 Å². The van der Waals surface area contributed by atoms with E-state index >= 15 is 0 Å². The lowest BCUT2D eigenvalue weighted by Crippen LogP contribution is -2.37. The molecule has 0 unspecified atom stereocenters. The summed E-state index contributed by atoms with van der Waals surface area (Å²) in [4.78, 5) is 16.9. The highest BCUT2D eigenvalue weighted by Crippen LogP contribution is 2.66. The van der Waals surface area contributed by atoms with Crippen LogP contribution in [-0.4, -0.2) is 29.3 Å². The van der Waals surface area contributed by atoms with Crippen LogP contribution in [0.3, 0.4) is 0 Å². The SMILES string of the molecule is CC1(C)[C@H]2CC[C@@]1(C)[C@H](SC1=NCCN1)C2=O. The molecule has 2 saturated carbocycles. The molecule has 1 aliphatic heterocycles. The van der Waals surface area contributed by atoms with Crippen LogP contribution in [0.2, 0.25) is 0 Å². The third-order valence-corrected chi connectivity index (χ3v) is 6.83. The number of carbonyl (C=O) groups excluding carboxylic acids is 1. The van der Waals surface area contributed by atoms with E-state index in [1.807, 2.05) is 0 Å². The number of amidine groups is 1. The Balaban J connectivity index is 1.88. The molecule has 0 spiro atoms. The van der Waals surface area contributed by atoms with E-state index < -0.39 is 0 Å². The van der Waals surface area contributed by atoms with Gasteiger partial charge in [-0.3, -0.25) is 9.79 Å². The largest absolute Gasteiger partial charge is 0.363 e. The summed E-state index contributed by atoms with van der Waals surface area (Å²) in [5.74, 6) is 0.733. The number of Topliss-reactive ketones (excluding diaryl/α,β-unsaturated/α-hetero) is 1. The van der Waals surface area contributed by atoms with Gasteiger partial charge in [0.15, 0.2) is 5.17 Å². The minimum Gasteiger partial charge on any atom is -0.363 e. The van der Waals surface area contributed by atoms with Gasteiger partial charge in [0.1, 0.15) is 5.78 Å². The molecule has 3 atom stereocenters. The van der Waals surface area contributed by atoms with Gasteiger partial charge in [-0.25, -0.2) is 0 Å². The van der Waals surface area contributed by atoms with Crippen molar-refractivity contribution in [2.24, 2.45) is 21.7 Å². The zero-order valence-corrected chi connectivity index (χ0v) is 11.6. The average Bonchev–Trinajstić information content (AvgIpc) is 2.86. The van der Waals surface area contributed by atoms with E-state index in [2.05, 4.69) is 31.1 Å². The van der Waals surface area contributed by atoms with E-state index in [1.54, 1.807) is 11.8 Å². The fourth-order valence-corrected chi connectivity index (χ4v) is 5.28. The van der Waals surface area contributed by atoms with Gasteiger partial charge in [0.25, 0.3) is 0 Å². The molecular formula is C13H20N2OS. The van der Waals surface area contributed by atoms with Gasteiger partial charge in [-0.1, -0.05) is 32.5 Å². The third-order valence-electron chi connectivity index (χ3n) is 5.35. The monoisotopic (exact) mass is 252 g/mol. The van der Waals surface area contributed by atoms with Crippen molar-refractivity contribution in [2.75, 3.05) is 13.1 Å². The zero-order chi connectivity index (χ0) is 12.3. The quantitative estimate of drug-likeness (QED) is 0.777. The lowest BCUT2D eigenvalue weighted by atomic mass is 9.71. The van der Waals surface area contributed by atoms with E-state index in [0.29, 0.717) is 5.78 Å². The summed E-state index contributed by atoms with van der Waals surface area (Å²) in [5, 5.41) is 4.36. The summed E-state index contributed by atoms with van der Waals surface area (Å²) in [6, 6.07) is 0. The predicted octanol–water partition coefficient (Wildman–Crippen LogP) is 2.07. The molecule has 2 aliphatic carbocycles. The van der Waals surface area contributed by atoms with Gasteiger partial charge >= 0.3 is 0 Å². The normalized spacial score (nSPS) is 42.8. The van der Waals surface area contributed by atoms with Crippen molar-refractivity contribution in [3.8, 4) is 0 Å². The number of hydrogen-bond donors (Lipinski definition) is 1. The Bertz CT molecular complexity index is 404. The van der Waals surface area contributed by atoms with E-state index in [1.165, 1.54) is 6.42 Å². The average molecular weight is 252 g/mol. The first-order valence-corrected chi connectivity index (χ1v) is 7.33. The van der Waals surface area contributed by atoms with Crippen LogP contribution in [0, 0.1) is 16.7 Å². The maximum Gasteiger partial charge on any atom is 0.157 e. The van der Waals surface area contributed by atoms with Crippen LogP contribution in [0.1, 0.15) is 33.6 Å². The smallest absolute Gasteiger partial charge is 0.157 e. The molecule has 2 bridgehead atoms. The van der Waals surface area contributed by atoms with Gasteiger partial charge in [-0.2, -0.15) is 0 Å². The molecule has 1 N–H and O–H groups in total. The van der Waals surface area contributed by atoms with Gasteiger partial charge in [0.2, 0.25) is 0 Å². The third kappa shape index (κ3) is 1.36. The summed E-state index contributed by atoms with van der Waals surface area (Å²) in [7, 11) is 0. The number of carbonyl (C=O) groups is 1. The summed E-state index contributed by atoms with van der Waals surface area (Å²) in [6.45, 7) is 8.62. The Kier molecular flexibility index (Phi) is 2.38. The Morgan fingerprint density at radius 3 is 2.71 bits per heavy atom. The second-order valence-corrected chi connectivity index (χ2v) is 7.34. The molecule has 0 aromatic rings. The van der Waals surface area contributed by atoms with Gasteiger partial charge in [-0.15, -0.1) is 0 Å². The first-order chi connectivity index (χ1) is 7.97. The van der Waals surface area contributed by atoms with Crippen molar-refractivity contribution in [1.82, 2.24) is 5.32 Å². The number of ketones is 1. The topological polar surface area (TPSA) is 41.5 Å². The molecule has 4 heteroatoms. The molecule has 0 saturated heterocycles. The van der Waals surface area contributed by atoms with Gasteiger partial charge < -0.3 is 5.32 Å². The maximum atomic E-state index is 12.5. The predicted molar refractivity (Wildman–Crippen MR) is 71.3 cm³/mol. The molecule has 94 valence electrons. The lowest BCUT2D eigenvalue weighted by molar-refractivity contribution is -0.122. The second-order valence-electron chi connectivity index (χ2n) is 6.24. The van der Waals surface area contributed by atoms with Crippen LogP contribution >= 0.6 is 11.8 Å². The summed E-state index contributed by atoms with van der Waals surface area (Å²) in [5.41, 5.74) is 0.299. The molecule has 2 fully saturated rings. The number of rotatable bonds is 1. The maximum absolute atomic E-state index is 12.5. The number of fused-ring (bicyclic) bond motifs is 2. The Morgan fingerprint density at radius 1 is 1.41 bits per heavy atom. The highest BCUT2D eigenvalue weighted by atomic mass is 32.2. The fourth-order valence-electron chi connectivity index (χ4n) is 3.74. The molecular weight excluding hydrogens is 232 g/mol. The van der Waals surface area contributed by atoms with E-state index in [9.17, 15) is 4.79 Å². The number of nitrogens with one attached hydrogen (secondary N) is 1. The molecule has 17 heavy (non-hydrogen) atoms. The van der Waals surface area contributed by atoms with Crippen molar-refractivity contribution in [3.63, 3.8) is 0 Å². The standard InChI is InChI=1S/C13H20N2OS/c1-12(2)8-4-5-13(12,3)10(9(8)16)17-11-14-6-7-15-11/h8,10H,4-7H2,1-3H3,(H,14,15)/t8-,10+,13-/m0/s1. The Labute approximate surface area is 107 Å². The molecule has 3 nitrogen and oxygen atoms in total. The fraction of sp³-hybridized carbons (Fsp3) is 0.846. The number of hydrogen-bond acceptors (Lipinski definition) is 4. The van der Waals surface area contributed by atoms with Gasteiger partial charge in [0, 0.05) is 12.5 Å². The molecule has 0 aromatic heterocycles. The molecule has 0 amide bonds. The summed E-state index contributed by atoms with van der Waals surface area (Å²) in [6.07, 6.45) is 2.26. The summed E-state index contributed by atoms with van der Waals surface area (Å²) >= 11 is 1.68. The lowest BCUT2D eigenvalue weighted by Gasteiger charge is -2.37. The van der Waals surface area contributed by atoms with Crippen molar-refractivity contribution in [3.05, 3.63) is 0 Å². The number of nitrogens with zero attached hydrogens (tertiary/aromatic N) is 1.